The van der Waals surface area contributed by atoms with E-state index in [1.165, 1.54) is 15.8 Å². The number of carboxylic acids is 1. The Bertz CT molecular complexity index is 1430. The van der Waals surface area contributed by atoms with Gasteiger partial charge in [0.05, 0.1) is 30.9 Å². The summed E-state index contributed by atoms with van der Waals surface area (Å²) in [5.74, 6) is -1.31. The molecule has 0 saturated carbocycles. The van der Waals surface area contributed by atoms with Gasteiger partial charge in [-0.05, 0) is 49.4 Å². The molecular formula is C31H36N4O7. The number of aryl methyl sites for hydroxylation is 1. The van der Waals surface area contributed by atoms with Crippen molar-refractivity contribution in [2.45, 2.75) is 57.3 Å². The van der Waals surface area contributed by atoms with Crippen LogP contribution in [0.25, 0.3) is 11.1 Å². The molecule has 2 atom stereocenters. The zero-order valence-corrected chi connectivity index (χ0v) is 24.2. The number of aromatic nitrogens is 2. The Morgan fingerprint density at radius 2 is 1.74 bits per heavy atom. The minimum absolute atomic E-state index is 0.0161. The van der Waals surface area contributed by atoms with E-state index >= 15 is 0 Å². The SMILES string of the molecule is Cn1cc(C(=O)O)c(CN(C(=O)OCC2c3ccccc3-c3ccccc32)[C@H]2CCOC[C@H]2NC(=O)OC(C)(C)C)n1. The number of benzene rings is 2. The van der Waals surface area contributed by atoms with E-state index in [1.54, 1.807) is 27.8 Å². The van der Waals surface area contributed by atoms with Crippen LogP contribution in [-0.2, 0) is 27.8 Å². The van der Waals surface area contributed by atoms with E-state index in [4.69, 9.17) is 14.2 Å². The average Bonchev–Trinajstić information content (AvgIpc) is 3.47. The van der Waals surface area contributed by atoms with Crippen LogP contribution in [-0.4, -0.2) is 75.4 Å². The van der Waals surface area contributed by atoms with Crippen LogP contribution in [0.5, 0.6) is 0 Å². The number of carbonyl (C=O) groups is 3. The molecular weight excluding hydrogens is 540 g/mol. The lowest BCUT2D eigenvalue weighted by molar-refractivity contribution is -0.00743. The number of hydrogen-bond acceptors (Lipinski definition) is 7. The summed E-state index contributed by atoms with van der Waals surface area (Å²) in [6, 6.07) is 14.9. The molecule has 1 fully saturated rings. The zero-order chi connectivity index (χ0) is 30.0. The Labute approximate surface area is 244 Å². The molecule has 42 heavy (non-hydrogen) atoms. The van der Waals surface area contributed by atoms with Gasteiger partial charge < -0.3 is 24.6 Å². The molecule has 2 amide bonds. The van der Waals surface area contributed by atoms with Crippen LogP contribution in [0.1, 0.15) is 60.3 Å². The molecule has 11 heteroatoms. The number of nitrogens with zero attached hydrogens (tertiary/aromatic N) is 3. The van der Waals surface area contributed by atoms with Gasteiger partial charge in [-0.3, -0.25) is 9.58 Å². The van der Waals surface area contributed by atoms with E-state index in [9.17, 15) is 19.5 Å². The van der Waals surface area contributed by atoms with E-state index in [0.29, 0.717) is 13.0 Å². The Balaban J connectivity index is 1.42. The summed E-state index contributed by atoms with van der Waals surface area (Å²) in [6.45, 7) is 5.74. The maximum atomic E-state index is 13.9. The van der Waals surface area contributed by atoms with Crippen LogP contribution in [0, 0.1) is 0 Å². The van der Waals surface area contributed by atoms with Gasteiger partial charge in [-0.1, -0.05) is 48.5 Å². The highest BCUT2D eigenvalue weighted by Crippen LogP contribution is 2.44. The van der Waals surface area contributed by atoms with Gasteiger partial charge in [0.15, 0.2) is 0 Å². The molecule has 2 aliphatic rings. The van der Waals surface area contributed by atoms with Crippen LogP contribution in [0.3, 0.4) is 0 Å². The molecule has 222 valence electrons. The van der Waals surface area contributed by atoms with Gasteiger partial charge in [0.2, 0.25) is 0 Å². The predicted octanol–water partition coefficient (Wildman–Crippen LogP) is 4.55. The topological polar surface area (TPSA) is 132 Å². The van der Waals surface area contributed by atoms with Crippen molar-refractivity contribution in [2.24, 2.45) is 7.05 Å². The van der Waals surface area contributed by atoms with E-state index in [2.05, 4.69) is 22.5 Å². The molecule has 1 aliphatic carbocycles. The molecule has 5 rings (SSSR count). The minimum atomic E-state index is -1.15. The Morgan fingerprint density at radius 1 is 1.10 bits per heavy atom. The Morgan fingerprint density at radius 3 is 2.36 bits per heavy atom. The summed E-state index contributed by atoms with van der Waals surface area (Å²) in [7, 11) is 1.62. The number of ether oxygens (including phenoxy) is 3. The summed E-state index contributed by atoms with van der Waals surface area (Å²) in [4.78, 5) is 40.0. The monoisotopic (exact) mass is 576 g/mol. The summed E-state index contributed by atoms with van der Waals surface area (Å²) < 4.78 is 18.5. The van der Waals surface area contributed by atoms with E-state index in [-0.39, 0.29) is 36.9 Å². The van der Waals surface area contributed by atoms with Crippen LogP contribution in [0.2, 0.25) is 0 Å². The normalized spacial score (nSPS) is 18.1. The molecule has 3 aromatic rings. The van der Waals surface area contributed by atoms with Crippen LogP contribution < -0.4 is 5.32 Å². The van der Waals surface area contributed by atoms with Crippen LogP contribution >= 0.6 is 0 Å². The minimum Gasteiger partial charge on any atom is -0.478 e. The molecule has 11 nitrogen and oxygen atoms in total. The summed E-state index contributed by atoms with van der Waals surface area (Å²) in [6.07, 6.45) is 0.509. The van der Waals surface area contributed by atoms with Crippen LogP contribution in [0.4, 0.5) is 9.59 Å². The molecule has 1 saturated heterocycles. The van der Waals surface area contributed by atoms with Gasteiger partial charge in [0, 0.05) is 25.8 Å². The first kappa shape index (κ1) is 29.1. The van der Waals surface area contributed by atoms with E-state index < -0.39 is 35.8 Å². The van der Waals surface area contributed by atoms with Crippen molar-refractivity contribution < 1.29 is 33.7 Å². The lowest BCUT2D eigenvalue weighted by atomic mass is 9.98. The molecule has 0 radical (unpaired) electrons. The fourth-order valence-electron chi connectivity index (χ4n) is 5.68. The van der Waals surface area contributed by atoms with Crippen molar-refractivity contribution in [1.82, 2.24) is 20.0 Å². The third-order valence-corrected chi connectivity index (χ3v) is 7.45. The highest BCUT2D eigenvalue weighted by atomic mass is 16.6. The second-order valence-electron chi connectivity index (χ2n) is 11.6. The largest absolute Gasteiger partial charge is 0.478 e. The lowest BCUT2D eigenvalue weighted by Gasteiger charge is -2.39. The highest BCUT2D eigenvalue weighted by Gasteiger charge is 2.38. The molecule has 2 N–H and O–H groups in total. The van der Waals surface area contributed by atoms with Gasteiger partial charge >= 0.3 is 18.2 Å². The highest BCUT2D eigenvalue weighted by molar-refractivity contribution is 5.88. The maximum absolute atomic E-state index is 13.9. The third-order valence-electron chi connectivity index (χ3n) is 7.45. The molecule has 0 unspecified atom stereocenters. The second kappa shape index (κ2) is 11.8. The molecule has 2 heterocycles. The van der Waals surface area contributed by atoms with E-state index in [1.807, 2.05) is 36.4 Å². The fourth-order valence-corrected chi connectivity index (χ4v) is 5.68. The van der Waals surface area contributed by atoms with Gasteiger partial charge in [-0.25, -0.2) is 14.4 Å². The predicted molar refractivity (Wildman–Crippen MR) is 153 cm³/mol. The Hall–Kier alpha value is -4.38. The first-order chi connectivity index (χ1) is 20.0. The first-order valence-electron chi connectivity index (χ1n) is 14.0. The number of carboxylic acid groups (broad SMARTS) is 1. The van der Waals surface area contributed by atoms with Crippen molar-refractivity contribution in [1.29, 1.82) is 0 Å². The van der Waals surface area contributed by atoms with Gasteiger partial charge in [-0.15, -0.1) is 0 Å². The molecule has 1 aliphatic heterocycles. The summed E-state index contributed by atoms with van der Waals surface area (Å²) >= 11 is 0. The van der Waals surface area contributed by atoms with Crippen LogP contribution in [0.15, 0.2) is 54.7 Å². The van der Waals surface area contributed by atoms with Crippen molar-refractivity contribution in [2.75, 3.05) is 19.8 Å². The quantitative estimate of drug-likeness (QED) is 0.419. The van der Waals surface area contributed by atoms with E-state index in [0.717, 1.165) is 22.3 Å². The van der Waals surface area contributed by atoms with Crippen molar-refractivity contribution in [3.63, 3.8) is 0 Å². The Kier molecular flexibility index (Phi) is 8.22. The molecule has 0 bridgehead atoms. The summed E-state index contributed by atoms with van der Waals surface area (Å²) in [5, 5.41) is 16.9. The smallest absolute Gasteiger partial charge is 0.410 e. The number of rotatable bonds is 7. The van der Waals surface area contributed by atoms with Gasteiger partial charge in [0.1, 0.15) is 17.8 Å². The standard InChI is InChI=1S/C31H36N4O7/c1-31(2,3)42-29(38)32-26-18-40-14-13-27(26)35(16-25-23(28(36)37)15-34(4)33-25)30(39)41-17-24-21-11-7-5-9-19(21)20-10-6-8-12-22(20)24/h5-12,15,24,26-27H,13-14,16-18H2,1-4H3,(H,32,38)(H,36,37)/t26-,27+/m1/s1. The number of fused-ring (bicyclic) bond motifs is 3. The molecule has 2 aromatic carbocycles. The molecule has 1 aromatic heterocycles. The first-order valence-corrected chi connectivity index (χ1v) is 14.0. The molecule has 0 spiro atoms. The van der Waals surface area contributed by atoms with Crippen molar-refractivity contribution >= 4 is 18.2 Å². The van der Waals surface area contributed by atoms with Gasteiger partial charge in [-0.2, -0.15) is 5.10 Å². The fraction of sp³-hybridized carbons (Fsp3) is 0.419. The second-order valence-corrected chi connectivity index (χ2v) is 11.6. The number of amides is 2. The maximum Gasteiger partial charge on any atom is 0.410 e. The summed E-state index contributed by atoms with van der Waals surface area (Å²) in [5.41, 5.74) is 3.84. The number of hydrogen-bond donors (Lipinski definition) is 2. The number of aromatic carboxylic acids is 1. The van der Waals surface area contributed by atoms with Gasteiger partial charge in [0.25, 0.3) is 0 Å². The average molecular weight is 577 g/mol. The lowest BCUT2D eigenvalue weighted by Crippen LogP contribution is -2.58. The number of alkyl carbamates (subject to hydrolysis) is 1. The number of carbonyl (C=O) groups excluding carboxylic acids is 2. The number of nitrogens with one attached hydrogen (secondary N) is 1. The third kappa shape index (κ3) is 6.25. The van der Waals surface area contributed by atoms with Crippen molar-refractivity contribution in [3.8, 4) is 11.1 Å². The van der Waals surface area contributed by atoms with Crippen molar-refractivity contribution in [3.05, 3.63) is 77.1 Å². The zero-order valence-electron chi connectivity index (χ0n) is 24.2.